The Hall–Kier alpha value is -2.80. The van der Waals surface area contributed by atoms with Crippen LogP contribution in [-0.2, 0) is 11.3 Å². The number of amides is 2. The van der Waals surface area contributed by atoms with E-state index in [1.54, 1.807) is 0 Å². The highest BCUT2D eigenvalue weighted by molar-refractivity contribution is 5.94. The lowest BCUT2D eigenvalue weighted by Crippen LogP contribution is -2.56. The molecule has 2 aliphatic rings. The molecule has 0 aromatic heterocycles. The van der Waals surface area contributed by atoms with E-state index in [4.69, 9.17) is 0 Å². The van der Waals surface area contributed by atoms with Crippen LogP contribution >= 0.6 is 0 Å². The Morgan fingerprint density at radius 1 is 0.966 bits per heavy atom. The van der Waals surface area contributed by atoms with E-state index in [0.29, 0.717) is 39.1 Å². The molecule has 0 saturated carbocycles. The van der Waals surface area contributed by atoms with Crippen molar-refractivity contribution in [2.45, 2.75) is 19.0 Å². The number of carbonyl (C=O) groups is 2. The molecule has 2 amide bonds. The Labute approximate surface area is 168 Å². The summed E-state index contributed by atoms with van der Waals surface area (Å²) in [5, 5.41) is 0. The molecular weight excluding hydrogens is 376 g/mol. The molecule has 5 nitrogen and oxygen atoms in total. The zero-order valence-corrected chi connectivity index (χ0v) is 16.1. The molecule has 152 valence electrons. The third-order valence-electron chi connectivity index (χ3n) is 5.69. The smallest absolute Gasteiger partial charge is 0.256 e. The van der Waals surface area contributed by atoms with Gasteiger partial charge in [-0.1, -0.05) is 30.3 Å². The molecule has 1 unspecified atom stereocenters. The molecule has 7 heteroatoms. The van der Waals surface area contributed by atoms with Gasteiger partial charge in [-0.2, -0.15) is 0 Å². The van der Waals surface area contributed by atoms with Gasteiger partial charge in [-0.05, 0) is 30.2 Å². The molecule has 0 aliphatic carbocycles. The van der Waals surface area contributed by atoms with Crippen molar-refractivity contribution >= 4 is 11.8 Å². The SMILES string of the molecule is O=C(c1cc(F)ccc1F)N1CCC2C(=O)N(Cc3ccccc3)CCN2CC1. The van der Waals surface area contributed by atoms with Gasteiger partial charge < -0.3 is 9.80 Å². The third-order valence-corrected chi connectivity index (χ3v) is 5.69. The van der Waals surface area contributed by atoms with Crippen molar-refractivity contribution in [3.63, 3.8) is 0 Å². The number of carbonyl (C=O) groups excluding carboxylic acids is 2. The number of piperazine rings is 1. The van der Waals surface area contributed by atoms with Crippen molar-refractivity contribution in [3.8, 4) is 0 Å². The molecular formula is C22H23F2N3O2. The Bertz CT molecular complexity index is 906. The molecule has 2 heterocycles. The Morgan fingerprint density at radius 3 is 2.52 bits per heavy atom. The van der Waals surface area contributed by atoms with E-state index >= 15 is 0 Å². The second-order valence-corrected chi connectivity index (χ2v) is 7.50. The molecule has 29 heavy (non-hydrogen) atoms. The first kappa shape index (κ1) is 19.5. The lowest BCUT2D eigenvalue weighted by molar-refractivity contribution is -0.142. The molecule has 4 rings (SSSR count). The summed E-state index contributed by atoms with van der Waals surface area (Å²) in [4.78, 5) is 31.2. The number of rotatable bonds is 3. The summed E-state index contributed by atoms with van der Waals surface area (Å²) in [7, 11) is 0. The van der Waals surface area contributed by atoms with E-state index in [1.807, 2.05) is 35.2 Å². The number of halogens is 2. The maximum atomic E-state index is 14.0. The van der Waals surface area contributed by atoms with Gasteiger partial charge in [-0.25, -0.2) is 8.78 Å². The highest BCUT2D eigenvalue weighted by Crippen LogP contribution is 2.21. The first-order chi connectivity index (χ1) is 14.0. The molecule has 0 bridgehead atoms. The molecule has 0 N–H and O–H groups in total. The highest BCUT2D eigenvalue weighted by Gasteiger charge is 2.37. The molecule has 2 fully saturated rings. The first-order valence-corrected chi connectivity index (χ1v) is 9.84. The predicted octanol–water partition coefficient (Wildman–Crippen LogP) is 2.52. The van der Waals surface area contributed by atoms with Crippen molar-refractivity contribution in [2.24, 2.45) is 0 Å². The average Bonchev–Trinajstić information content (AvgIpc) is 2.95. The second kappa shape index (κ2) is 8.29. The minimum atomic E-state index is -0.733. The van der Waals surface area contributed by atoms with Crippen molar-refractivity contribution in [1.29, 1.82) is 0 Å². The molecule has 0 radical (unpaired) electrons. The van der Waals surface area contributed by atoms with E-state index in [0.717, 1.165) is 30.3 Å². The Kier molecular flexibility index (Phi) is 5.58. The van der Waals surface area contributed by atoms with Crippen molar-refractivity contribution in [3.05, 3.63) is 71.3 Å². The zero-order valence-electron chi connectivity index (χ0n) is 16.1. The topological polar surface area (TPSA) is 43.9 Å². The first-order valence-electron chi connectivity index (χ1n) is 9.84. The average molecular weight is 399 g/mol. The normalized spacial score (nSPS) is 20.3. The fraction of sp³-hybridized carbons (Fsp3) is 0.364. The van der Waals surface area contributed by atoms with Gasteiger partial charge in [0.15, 0.2) is 0 Å². The summed E-state index contributed by atoms with van der Waals surface area (Å²) in [6.07, 6.45) is 0.479. The van der Waals surface area contributed by atoms with Crippen LogP contribution in [0.1, 0.15) is 22.3 Å². The van der Waals surface area contributed by atoms with Gasteiger partial charge in [0, 0.05) is 39.3 Å². The van der Waals surface area contributed by atoms with Crippen molar-refractivity contribution in [2.75, 3.05) is 32.7 Å². The minimum absolute atomic E-state index is 0.0614. The summed E-state index contributed by atoms with van der Waals surface area (Å²) in [5.41, 5.74) is 0.822. The van der Waals surface area contributed by atoms with E-state index in [1.165, 1.54) is 4.90 Å². The summed E-state index contributed by atoms with van der Waals surface area (Å²) in [6.45, 7) is 3.20. The van der Waals surface area contributed by atoms with E-state index < -0.39 is 17.5 Å². The number of hydrogen-bond acceptors (Lipinski definition) is 3. The van der Waals surface area contributed by atoms with Crippen molar-refractivity contribution in [1.82, 2.24) is 14.7 Å². The lowest BCUT2D eigenvalue weighted by Gasteiger charge is -2.39. The minimum Gasteiger partial charge on any atom is -0.337 e. The second-order valence-electron chi connectivity index (χ2n) is 7.50. The number of benzene rings is 2. The monoisotopic (exact) mass is 399 g/mol. The van der Waals surface area contributed by atoms with Gasteiger partial charge >= 0.3 is 0 Å². The standard InChI is InChI=1S/C22H23F2N3O2/c23-17-6-7-19(24)18(14-17)21(28)26-9-8-20-22(29)27(13-11-25(20)10-12-26)15-16-4-2-1-3-5-16/h1-7,14,20H,8-13,15H2. The maximum Gasteiger partial charge on any atom is 0.256 e. The molecule has 2 aromatic rings. The van der Waals surface area contributed by atoms with E-state index in [2.05, 4.69) is 4.90 Å². The fourth-order valence-electron chi connectivity index (χ4n) is 4.09. The third kappa shape index (κ3) is 4.15. The molecule has 2 aliphatic heterocycles. The van der Waals surface area contributed by atoms with Crippen molar-refractivity contribution < 1.29 is 18.4 Å². The van der Waals surface area contributed by atoms with Gasteiger partial charge in [0.2, 0.25) is 5.91 Å². The summed E-state index contributed by atoms with van der Waals surface area (Å²) in [5.74, 6) is -1.85. The van der Waals surface area contributed by atoms with Gasteiger partial charge in [0.1, 0.15) is 11.6 Å². The quantitative estimate of drug-likeness (QED) is 0.797. The van der Waals surface area contributed by atoms with Crippen LogP contribution in [0.3, 0.4) is 0 Å². The maximum absolute atomic E-state index is 14.0. The van der Waals surface area contributed by atoms with Gasteiger partial charge in [0.25, 0.3) is 5.91 Å². The molecule has 2 saturated heterocycles. The summed E-state index contributed by atoms with van der Waals surface area (Å²) in [6, 6.07) is 12.5. The Morgan fingerprint density at radius 2 is 1.72 bits per heavy atom. The van der Waals surface area contributed by atoms with Crippen LogP contribution in [0.2, 0.25) is 0 Å². The summed E-state index contributed by atoms with van der Waals surface area (Å²) < 4.78 is 27.5. The predicted molar refractivity (Wildman–Crippen MR) is 104 cm³/mol. The van der Waals surface area contributed by atoms with Gasteiger partial charge in [-0.15, -0.1) is 0 Å². The highest BCUT2D eigenvalue weighted by atomic mass is 19.1. The lowest BCUT2D eigenvalue weighted by atomic mass is 10.1. The number of nitrogens with zero attached hydrogens (tertiary/aromatic N) is 3. The van der Waals surface area contributed by atoms with Crippen LogP contribution in [0, 0.1) is 11.6 Å². The molecule has 1 atom stereocenters. The van der Waals surface area contributed by atoms with E-state index in [9.17, 15) is 18.4 Å². The largest absolute Gasteiger partial charge is 0.337 e. The molecule has 2 aromatic carbocycles. The van der Waals surface area contributed by atoms with Crippen LogP contribution in [0.15, 0.2) is 48.5 Å². The van der Waals surface area contributed by atoms with Crippen LogP contribution in [0.5, 0.6) is 0 Å². The zero-order chi connectivity index (χ0) is 20.4. The van der Waals surface area contributed by atoms with Crippen LogP contribution in [0.4, 0.5) is 8.78 Å². The van der Waals surface area contributed by atoms with Gasteiger partial charge in [-0.3, -0.25) is 14.5 Å². The summed E-state index contributed by atoms with van der Waals surface area (Å²) >= 11 is 0. The number of fused-ring (bicyclic) bond motifs is 1. The van der Waals surface area contributed by atoms with E-state index in [-0.39, 0.29) is 17.5 Å². The van der Waals surface area contributed by atoms with Gasteiger partial charge in [0.05, 0.1) is 11.6 Å². The van der Waals surface area contributed by atoms with Crippen LogP contribution in [-0.4, -0.2) is 65.3 Å². The number of hydrogen-bond donors (Lipinski definition) is 0. The van der Waals surface area contributed by atoms with Crippen LogP contribution < -0.4 is 0 Å². The Balaban J connectivity index is 1.45. The van der Waals surface area contributed by atoms with Crippen LogP contribution in [0.25, 0.3) is 0 Å². The molecule has 0 spiro atoms. The fourth-order valence-corrected chi connectivity index (χ4v) is 4.09.